The SMILES string of the molecule is CCOc1ccccc1C(=O)NCC(=O)N1CCCCC1. The summed E-state index contributed by atoms with van der Waals surface area (Å²) in [6.45, 7) is 4.00. The fourth-order valence-corrected chi connectivity index (χ4v) is 2.44. The lowest BCUT2D eigenvalue weighted by Crippen LogP contribution is -2.42. The summed E-state index contributed by atoms with van der Waals surface area (Å²) in [6, 6.07) is 7.06. The highest BCUT2D eigenvalue weighted by atomic mass is 16.5. The minimum atomic E-state index is -0.274. The Balaban J connectivity index is 1.90. The van der Waals surface area contributed by atoms with E-state index in [0.29, 0.717) is 17.9 Å². The fraction of sp³-hybridized carbons (Fsp3) is 0.500. The Morgan fingerprint density at radius 2 is 1.90 bits per heavy atom. The van der Waals surface area contributed by atoms with E-state index in [9.17, 15) is 9.59 Å². The quantitative estimate of drug-likeness (QED) is 0.900. The molecule has 0 radical (unpaired) electrons. The third-order valence-corrected chi connectivity index (χ3v) is 3.54. The first-order valence-electron chi connectivity index (χ1n) is 7.50. The molecule has 1 N–H and O–H groups in total. The lowest BCUT2D eigenvalue weighted by atomic mass is 10.1. The number of carbonyl (C=O) groups is 2. The van der Waals surface area contributed by atoms with Crippen LogP contribution >= 0.6 is 0 Å². The second-order valence-corrected chi connectivity index (χ2v) is 5.05. The Kier molecular flexibility index (Phi) is 5.60. The molecule has 2 amide bonds. The van der Waals surface area contributed by atoms with E-state index in [-0.39, 0.29) is 18.4 Å². The molecule has 1 aliphatic rings. The number of likely N-dealkylation sites (tertiary alicyclic amines) is 1. The van der Waals surface area contributed by atoms with Crippen molar-refractivity contribution in [3.63, 3.8) is 0 Å². The van der Waals surface area contributed by atoms with Gasteiger partial charge in [-0.1, -0.05) is 12.1 Å². The van der Waals surface area contributed by atoms with Crippen molar-refractivity contribution in [2.24, 2.45) is 0 Å². The maximum absolute atomic E-state index is 12.2. The van der Waals surface area contributed by atoms with Gasteiger partial charge in [0.1, 0.15) is 5.75 Å². The molecular formula is C16H22N2O3. The molecule has 5 nitrogen and oxygen atoms in total. The number of para-hydroxylation sites is 1. The minimum Gasteiger partial charge on any atom is -0.493 e. The number of nitrogens with one attached hydrogen (secondary N) is 1. The molecule has 1 aromatic rings. The van der Waals surface area contributed by atoms with E-state index in [2.05, 4.69) is 5.32 Å². The lowest BCUT2D eigenvalue weighted by Gasteiger charge is -2.26. The fourth-order valence-electron chi connectivity index (χ4n) is 2.44. The van der Waals surface area contributed by atoms with Crippen molar-refractivity contribution in [2.45, 2.75) is 26.2 Å². The summed E-state index contributed by atoms with van der Waals surface area (Å²) < 4.78 is 5.43. The standard InChI is InChI=1S/C16H22N2O3/c1-2-21-14-9-5-4-8-13(14)16(20)17-12-15(19)18-10-6-3-7-11-18/h4-5,8-9H,2-3,6-7,10-12H2,1H3,(H,17,20). The predicted molar refractivity (Wildman–Crippen MR) is 80.4 cm³/mol. The first-order chi connectivity index (χ1) is 10.2. The number of carbonyl (C=O) groups excluding carboxylic acids is 2. The number of amides is 2. The van der Waals surface area contributed by atoms with Gasteiger partial charge in [-0.2, -0.15) is 0 Å². The van der Waals surface area contributed by atoms with Gasteiger partial charge < -0.3 is 15.0 Å². The maximum Gasteiger partial charge on any atom is 0.255 e. The van der Waals surface area contributed by atoms with Gasteiger partial charge in [0, 0.05) is 13.1 Å². The molecule has 1 aliphatic heterocycles. The number of nitrogens with zero attached hydrogens (tertiary/aromatic N) is 1. The monoisotopic (exact) mass is 290 g/mol. The first kappa shape index (κ1) is 15.4. The average molecular weight is 290 g/mol. The van der Waals surface area contributed by atoms with Crippen molar-refractivity contribution in [3.8, 4) is 5.75 Å². The molecule has 21 heavy (non-hydrogen) atoms. The number of hydrogen-bond acceptors (Lipinski definition) is 3. The van der Waals surface area contributed by atoms with E-state index >= 15 is 0 Å². The van der Waals surface area contributed by atoms with E-state index in [1.165, 1.54) is 6.42 Å². The average Bonchev–Trinajstić information content (AvgIpc) is 2.54. The van der Waals surface area contributed by atoms with Crippen LogP contribution in [0.5, 0.6) is 5.75 Å². The van der Waals surface area contributed by atoms with Crippen molar-refractivity contribution >= 4 is 11.8 Å². The number of rotatable bonds is 5. The first-order valence-corrected chi connectivity index (χ1v) is 7.50. The largest absolute Gasteiger partial charge is 0.493 e. The van der Waals surface area contributed by atoms with Crippen molar-refractivity contribution in [1.29, 1.82) is 0 Å². The molecule has 0 aliphatic carbocycles. The summed E-state index contributed by atoms with van der Waals surface area (Å²) in [6.07, 6.45) is 3.28. The van der Waals surface area contributed by atoms with Gasteiger partial charge in [-0.15, -0.1) is 0 Å². The zero-order valence-electron chi connectivity index (χ0n) is 12.4. The molecule has 0 unspecified atom stereocenters. The van der Waals surface area contributed by atoms with Gasteiger partial charge in [-0.25, -0.2) is 0 Å². The van der Waals surface area contributed by atoms with Crippen LogP contribution in [-0.4, -0.2) is 43.0 Å². The van der Waals surface area contributed by atoms with Crippen molar-refractivity contribution < 1.29 is 14.3 Å². The summed E-state index contributed by atoms with van der Waals surface area (Å²) >= 11 is 0. The number of hydrogen-bond donors (Lipinski definition) is 1. The minimum absolute atomic E-state index is 0.0167. The number of piperidine rings is 1. The Morgan fingerprint density at radius 3 is 2.62 bits per heavy atom. The van der Waals surface area contributed by atoms with Crippen LogP contribution in [0.3, 0.4) is 0 Å². The van der Waals surface area contributed by atoms with Gasteiger partial charge in [0.05, 0.1) is 18.7 Å². The maximum atomic E-state index is 12.2. The molecular weight excluding hydrogens is 268 g/mol. The lowest BCUT2D eigenvalue weighted by molar-refractivity contribution is -0.130. The topological polar surface area (TPSA) is 58.6 Å². The molecule has 1 heterocycles. The van der Waals surface area contributed by atoms with Gasteiger partial charge in [-0.05, 0) is 38.3 Å². The molecule has 114 valence electrons. The summed E-state index contributed by atoms with van der Waals surface area (Å²) in [7, 11) is 0. The molecule has 1 aromatic carbocycles. The van der Waals surface area contributed by atoms with Gasteiger partial charge >= 0.3 is 0 Å². The van der Waals surface area contributed by atoms with E-state index in [1.54, 1.807) is 18.2 Å². The summed E-state index contributed by atoms with van der Waals surface area (Å²) in [5, 5.41) is 2.68. The van der Waals surface area contributed by atoms with Crippen LogP contribution in [0, 0.1) is 0 Å². The number of benzene rings is 1. The molecule has 0 bridgehead atoms. The molecule has 0 spiro atoms. The van der Waals surface area contributed by atoms with Crippen molar-refractivity contribution in [2.75, 3.05) is 26.2 Å². The number of ether oxygens (including phenoxy) is 1. The molecule has 0 aromatic heterocycles. The van der Waals surface area contributed by atoms with E-state index < -0.39 is 0 Å². The summed E-state index contributed by atoms with van der Waals surface area (Å²) in [5.74, 6) is 0.254. The molecule has 0 saturated carbocycles. The van der Waals surface area contributed by atoms with Crippen molar-refractivity contribution in [3.05, 3.63) is 29.8 Å². The van der Waals surface area contributed by atoms with Gasteiger partial charge in [-0.3, -0.25) is 9.59 Å². The smallest absolute Gasteiger partial charge is 0.255 e. The Bertz CT molecular complexity index is 496. The Labute approximate surface area is 125 Å². The molecule has 1 fully saturated rings. The van der Waals surface area contributed by atoms with Crippen LogP contribution < -0.4 is 10.1 Å². The highest BCUT2D eigenvalue weighted by Crippen LogP contribution is 2.17. The van der Waals surface area contributed by atoms with E-state index in [1.807, 2.05) is 17.9 Å². The zero-order chi connectivity index (χ0) is 15.1. The Morgan fingerprint density at radius 1 is 1.19 bits per heavy atom. The Hall–Kier alpha value is -2.04. The zero-order valence-corrected chi connectivity index (χ0v) is 12.4. The van der Waals surface area contributed by atoms with Gasteiger partial charge in [0.2, 0.25) is 5.91 Å². The molecule has 0 atom stereocenters. The van der Waals surface area contributed by atoms with Crippen LogP contribution in [-0.2, 0) is 4.79 Å². The normalized spacial score (nSPS) is 14.6. The van der Waals surface area contributed by atoms with Crippen LogP contribution in [0.1, 0.15) is 36.5 Å². The van der Waals surface area contributed by atoms with Crippen LogP contribution in [0.2, 0.25) is 0 Å². The second-order valence-electron chi connectivity index (χ2n) is 5.05. The summed E-state index contributed by atoms with van der Waals surface area (Å²) in [5.41, 5.74) is 0.464. The third-order valence-electron chi connectivity index (χ3n) is 3.54. The predicted octanol–water partition coefficient (Wildman–Crippen LogP) is 1.83. The second kappa shape index (κ2) is 7.67. The highest BCUT2D eigenvalue weighted by molar-refractivity contribution is 5.98. The van der Waals surface area contributed by atoms with Crippen LogP contribution in [0.15, 0.2) is 24.3 Å². The molecule has 1 saturated heterocycles. The van der Waals surface area contributed by atoms with Crippen LogP contribution in [0.25, 0.3) is 0 Å². The molecule has 2 rings (SSSR count). The summed E-state index contributed by atoms with van der Waals surface area (Å²) in [4.78, 5) is 26.0. The van der Waals surface area contributed by atoms with Crippen molar-refractivity contribution in [1.82, 2.24) is 10.2 Å². The highest BCUT2D eigenvalue weighted by Gasteiger charge is 2.18. The van der Waals surface area contributed by atoms with E-state index in [0.717, 1.165) is 25.9 Å². The van der Waals surface area contributed by atoms with E-state index in [4.69, 9.17) is 4.74 Å². The van der Waals surface area contributed by atoms with Gasteiger partial charge in [0.25, 0.3) is 5.91 Å². The van der Waals surface area contributed by atoms with Crippen LogP contribution in [0.4, 0.5) is 0 Å². The van der Waals surface area contributed by atoms with Gasteiger partial charge in [0.15, 0.2) is 0 Å². The third kappa shape index (κ3) is 4.21. The molecule has 5 heteroatoms.